The van der Waals surface area contributed by atoms with Gasteiger partial charge >= 0.3 is 0 Å². The first-order valence-electron chi connectivity index (χ1n) is 12.8. The predicted octanol–water partition coefficient (Wildman–Crippen LogP) is 6.26. The third-order valence-electron chi connectivity index (χ3n) is 7.26. The molecule has 0 radical (unpaired) electrons. The number of unbranched alkanes of at least 4 members (excludes halogenated alkanes) is 9. The van der Waals surface area contributed by atoms with Gasteiger partial charge < -0.3 is 4.84 Å². The zero-order chi connectivity index (χ0) is 22.9. The van der Waals surface area contributed by atoms with Crippen LogP contribution in [-0.4, -0.2) is 46.5 Å². The van der Waals surface area contributed by atoms with Crippen molar-refractivity contribution in [3.8, 4) is 0 Å². The highest BCUT2D eigenvalue weighted by molar-refractivity contribution is 6.01. The number of piperidine rings is 1. The van der Waals surface area contributed by atoms with Crippen LogP contribution in [0.25, 0.3) is 0 Å². The number of nitrogens with zero attached hydrogens (tertiary/aromatic N) is 2. The molecule has 0 saturated carbocycles. The topological polar surface area (TPSA) is 49.9 Å². The molecule has 180 valence electrons. The Hall–Kier alpha value is -0.940. The van der Waals surface area contributed by atoms with Gasteiger partial charge in [0.05, 0.1) is 7.11 Å². The van der Waals surface area contributed by atoms with E-state index in [0.29, 0.717) is 19.4 Å². The fourth-order valence-corrected chi connectivity index (χ4v) is 6.16. The zero-order valence-corrected chi connectivity index (χ0v) is 21.0. The van der Waals surface area contributed by atoms with Gasteiger partial charge in [0.25, 0.3) is 0 Å². The second kappa shape index (κ2) is 12.3. The van der Waals surface area contributed by atoms with Crippen molar-refractivity contribution in [3.63, 3.8) is 0 Å². The van der Waals surface area contributed by atoms with E-state index in [1.807, 2.05) is 7.11 Å². The molecule has 0 N–H and O–H groups in total. The lowest BCUT2D eigenvalue weighted by Crippen LogP contribution is -2.59. The summed E-state index contributed by atoms with van der Waals surface area (Å²) in [5.74, 6) is 0.860. The quantitative estimate of drug-likeness (QED) is 0.238. The van der Waals surface area contributed by atoms with E-state index in [0.717, 1.165) is 18.8 Å². The van der Waals surface area contributed by atoms with E-state index >= 15 is 0 Å². The van der Waals surface area contributed by atoms with Crippen LogP contribution >= 0.6 is 0 Å². The summed E-state index contributed by atoms with van der Waals surface area (Å²) in [5, 5.41) is 2.21. The summed E-state index contributed by atoms with van der Waals surface area (Å²) >= 11 is 0. The van der Waals surface area contributed by atoms with Crippen LogP contribution in [0.1, 0.15) is 124 Å². The van der Waals surface area contributed by atoms with E-state index in [1.165, 1.54) is 75.5 Å². The van der Waals surface area contributed by atoms with Gasteiger partial charge in [-0.15, -0.1) is 0 Å². The standard InChI is InChI=1S/C26H48N2O3/c1-25(2)20-22(21-26(3,4)28(25)31-5)16-14-12-10-8-6-7-9-11-13-15-19-27-23(29)17-18-24(27)30/h22H,6-21H2,1-5H3. The van der Waals surface area contributed by atoms with Crippen LogP contribution < -0.4 is 0 Å². The molecule has 2 amide bonds. The van der Waals surface area contributed by atoms with Gasteiger partial charge in [-0.25, -0.2) is 0 Å². The third kappa shape index (κ3) is 8.16. The normalized spacial score (nSPS) is 21.9. The summed E-state index contributed by atoms with van der Waals surface area (Å²) in [4.78, 5) is 30.3. The van der Waals surface area contributed by atoms with E-state index in [9.17, 15) is 9.59 Å². The van der Waals surface area contributed by atoms with Gasteiger partial charge in [-0.05, 0) is 52.9 Å². The number of hydrogen-bond acceptors (Lipinski definition) is 4. The molecule has 2 fully saturated rings. The summed E-state index contributed by atoms with van der Waals surface area (Å²) in [6.07, 6.45) is 17.4. The molecule has 2 aliphatic heterocycles. The number of imide groups is 1. The molecule has 0 spiro atoms. The first-order chi connectivity index (χ1) is 14.7. The smallest absolute Gasteiger partial charge is 0.229 e. The maximum atomic E-state index is 11.6. The van der Waals surface area contributed by atoms with E-state index in [-0.39, 0.29) is 22.9 Å². The maximum absolute atomic E-state index is 11.6. The van der Waals surface area contributed by atoms with E-state index in [4.69, 9.17) is 4.84 Å². The Kier molecular flexibility index (Phi) is 10.5. The molecule has 2 aliphatic rings. The van der Waals surface area contributed by atoms with Crippen molar-refractivity contribution in [2.75, 3.05) is 13.7 Å². The molecular weight excluding hydrogens is 388 g/mol. The fourth-order valence-electron chi connectivity index (χ4n) is 6.16. The van der Waals surface area contributed by atoms with Crippen LogP contribution in [0.2, 0.25) is 0 Å². The van der Waals surface area contributed by atoms with Gasteiger partial charge in [-0.1, -0.05) is 64.2 Å². The second-order valence-corrected chi connectivity index (χ2v) is 11.1. The van der Waals surface area contributed by atoms with Gasteiger partial charge in [-0.2, -0.15) is 5.06 Å². The Morgan fingerprint density at radius 2 is 1.16 bits per heavy atom. The Morgan fingerprint density at radius 1 is 0.742 bits per heavy atom. The van der Waals surface area contributed by atoms with Crippen LogP contribution in [-0.2, 0) is 14.4 Å². The Bertz CT molecular complexity index is 539. The number of hydroxylamine groups is 2. The average Bonchev–Trinajstić information content (AvgIpc) is 2.99. The second-order valence-electron chi connectivity index (χ2n) is 11.1. The number of hydrogen-bond donors (Lipinski definition) is 0. The Morgan fingerprint density at radius 3 is 1.61 bits per heavy atom. The average molecular weight is 437 g/mol. The molecule has 0 atom stereocenters. The lowest BCUT2D eigenvalue weighted by atomic mass is 9.73. The van der Waals surface area contributed by atoms with Crippen molar-refractivity contribution in [1.82, 2.24) is 9.96 Å². The zero-order valence-electron chi connectivity index (χ0n) is 21.0. The molecule has 5 heteroatoms. The Balaban J connectivity index is 1.43. The summed E-state index contributed by atoms with van der Waals surface area (Å²) in [6.45, 7) is 9.90. The predicted molar refractivity (Wildman–Crippen MR) is 126 cm³/mol. The van der Waals surface area contributed by atoms with Crippen molar-refractivity contribution in [3.05, 3.63) is 0 Å². The molecule has 2 saturated heterocycles. The van der Waals surface area contributed by atoms with Gasteiger partial charge in [0, 0.05) is 30.5 Å². The minimum Gasteiger partial charge on any atom is -0.301 e. The summed E-state index contributed by atoms with van der Waals surface area (Å²) < 4.78 is 0. The van der Waals surface area contributed by atoms with Gasteiger partial charge in [-0.3, -0.25) is 14.5 Å². The number of carbonyl (C=O) groups excluding carboxylic acids is 2. The highest BCUT2D eigenvalue weighted by Gasteiger charge is 2.45. The summed E-state index contributed by atoms with van der Waals surface area (Å²) in [6, 6.07) is 0. The Labute approximate surface area is 191 Å². The van der Waals surface area contributed by atoms with E-state index in [1.54, 1.807) is 0 Å². The molecule has 31 heavy (non-hydrogen) atoms. The molecule has 0 aliphatic carbocycles. The fraction of sp³-hybridized carbons (Fsp3) is 0.923. The van der Waals surface area contributed by atoms with Crippen molar-refractivity contribution in [2.45, 2.75) is 135 Å². The van der Waals surface area contributed by atoms with Gasteiger partial charge in [0.15, 0.2) is 0 Å². The SMILES string of the molecule is CON1C(C)(C)CC(CCCCCCCCCCCCN2C(=O)CCC2=O)CC1(C)C. The minimum atomic E-state index is 0.0258. The van der Waals surface area contributed by atoms with E-state index < -0.39 is 0 Å². The minimum absolute atomic E-state index is 0.0258. The lowest BCUT2D eigenvalue weighted by molar-refractivity contribution is -0.272. The monoisotopic (exact) mass is 436 g/mol. The highest BCUT2D eigenvalue weighted by atomic mass is 16.7. The summed E-state index contributed by atoms with van der Waals surface area (Å²) in [5.41, 5.74) is 0.224. The molecule has 0 bridgehead atoms. The maximum Gasteiger partial charge on any atom is 0.229 e. The molecular formula is C26H48N2O3. The number of amides is 2. The molecule has 5 nitrogen and oxygen atoms in total. The van der Waals surface area contributed by atoms with Crippen LogP contribution in [0.15, 0.2) is 0 Å². The van der Waals surface area contributed by atoms with Crippen molar-refractivity contribution in [2.24, 2.45) is 5.92 Å². The number of carbonyl (C=O) groups is 2. The van der Waals surface area contributed by atoms with Crippen LogP contribution in [0.4, 0.5) is 0 Å². The van der Waals surface area contributed by atoms with Crippen molar-refractivity contribution < 1.29 is 14.4 Å². The molecule has 0 aromatic rings. The van der Waals surface area contributed by atoms with Gasteiger partial charge in [0.1, 0.15) is 0 Å². The largest absolute Gasteiger partial charge is 0.301 e. The van der Waals surface area contributed by atoms with Crippen molar-refractivity contribution in [1.29, 1.82) is 0 Å². The van der Waals surface area contributed by atoms with Crippen LogP contribution in [0.3, 0.4) is 0 Å². The van der Waals surface area contributed by atoms with E-state index in [2.05, 4.69) is 32.8 Å². The first kappa shape index (κ1) is 26.3. The summed E-state index contributed by atoms with van der Waals surface area (Å²) in [7, 11) is 1.81. The van der Waals surface area contributed by atoms with Gasteiger partial charge in [0.2, 0.25) is 11.8 Å². The van der Waals surface area contributed by atoms with Crippen LogP contribution in [0, 0.1) is 5.92 Å². The molecule has 0 unspecified atom stereocenters. The molecule has 0 aromatic heterocycles. The first-order valence-corrected chi connectivity index (χ1v) is 12.8. The molecule has 0 aromatic carbocycles. The third-order valence-corrected chi connectivity index (χ3v) is 7.26. The number of rotatable bonds is 14. The van der Waals surface area contributed by atoms with Crippen molar-refractivity contribution >= 4 is 11.8 Å². The lowest BCUT2D eigenvalue weighted by Gasteiger charge is -2.53. The highest BCUT2D eigenvalue weighted by Crippen LogP contribution is 2.43. The molecule has 2 rings (SSSR count). The molecule has 2 heterocycles. The number of likely N-dealkylation sites (tertiary alicyclic amines) is 1. The van der Waals surface area contributed by atoms with Crippen LogP contribution in [0.5, 0.6) is 0 Å².